The van der Waals surface area contributed by atoms with E-state index in [0.29, 0.717) is 5.02 Å². The number of nitrogens with one attached hydrogen (secondary N) is 1. The van der Waals surface area contributed by atoms with Gasteiger partial charge in [0, 0.05) is 19.3 Å². The molecule has 2 aromatic carbocycles. The number of nitrogens with zero attached hydrogens (tertiary/aromatic N) is 1. The lowest BCUT2D eigenvalue weighted by molar-refractivity contribution is 1.37. The Hall–Kier alpha value is -1.15. The SMILES string of the molecule is N#CNc1cc(Br)ccc1Sc1ccc(Cl)cc1. The second-order valence-corrected chi connectivity index (χ2v) is 5.90. The molecule has 0 amide bonds. The Morgan fingerprint density at radius 1 is 1.17 bits per heavy atom. The molecule has 90 valence electrons. The van der Waals surface area contributed by atoms with Gasteiger partial charge in [0.15, 0.2) is 6.19 Å². The fourth-order valence-electron chi connectivity index (χ4n) is 1.38. The number of benzene rings is 2. The van der Waals surface area contributed by atoms with E-state index in [2.05, 4.69) is 21.2 Å². The van der Waals surface area contributed by atoms with Crippen LogP contribution in [0.25, 0.3) is 0 Å². The highest BCUT2D eigenvalue weighted by Gasteiger charge is 2.05. The molecule has 0 aliphatic carbocycles. The second-order valence-electron chi connectivity index (χ2n) is 3.43. The highest BCUT2D eigenvalue weighted by atomic mass is 79.9. The van der Waals surface area contributed by atoms with Crippen molar-refractivity contribution in [1.29, 1.82) is 5.26 Å². The molecular formula is C13H8BrClN2S. The topological polar surface area (TPSA) is 35.8 Å². The first-order chi connectivity index (χ1) is 8.69. The zero-order chi connectivity index (χ0) is 13.0. The first-order valence-corrected chi connectivity index (χ1v) is 7.06. The molecule has 0 saturated heterocycles. The summed E-state index contributed by atoms with van der Waals surface area (Å²) in [4.78, 5) is 2.06. The zero-order valence-corrected chi connectivity index (χ0v) is 12.3. The first kappa shape index (κ1) is 13.3. The van der Waals surface area contributed by atoms with E-state index in [1.54, 1.807) is 11.8 Å². The van der Waals surface area contributed by atoms with Crippen molar-refractivity contribution in [2.24, 2.45) is 0 Å². The second kappa shape index (κ2) is 6.14. The van der Waals surface area contributed by atoms with Crippen LogP contribution in [0, 0.1) is 11.5 Å². The van der Waals surface area contributed by atoms with Gasteiger partial charge in [-0.25, -0.2) is 0 Å². The largest absolute Gasteiger partial charge is 0.292 e. The molecule has 18 heavy (non-hydrogen) atoms. The molecule has 2 rings (SSSR count). The monoisotopic (exact) mass is 338 g/mol. The fraction of sp³-hybridized carbons (Fsp3) is 0. The molecule has 2 nitrogen and oxygen atoms in total. The average Bonchev–Trinajstić information content (AvgIpc) is 2.36. The van der Waals surface area contributed by atoms with E-state index < -0.39 is 0 Å². The minimum absolute atomic E-state index is 0.713. The normalized spacial score (nSPS) is 9.83. The molecule has 0 fully saturated rings. The summed E-state index contributed by atoms with van der Waals surface area (Å²) in [5.74, 6) is 0. The van der Waals surface area contributed by atoms with E-state index in [4.69, 9.17) is 16.9 Å². The number of halogens is 2. The highest BCUT2D eigenvalue weighted by Crippen LogP contribution is 2.35. The van der Waals surface area contributed by atoms with Crippen LogP contribution in [0.4, 0.5) is 5.69 Å². The van der Waals surface area contributed by atoms with Gasteiger partial charge >= 0.3 is 0 Å². The van der Waals surface area contributed by atoms with Gasteiger partial charge in [-0.05, 0) is 42.5 Å². The lowest BCUT2D eigenvalue weighted by atomic mass is 10.3. The van der Waals surface area contributed by atoms with Crippen molar-refractivity contribution in [1.82, 2.24) is 0 Å². The third-order valence-electron chi connectivity index (χ3n) is 2.17. The van der Waals surface area contributed by atoms with Gasteiger partial charge < -0.3 is 0 Å². The van der Waals surface area contributed by atoms with Crippen molar-refractivity contribution in [3.05, 3.63) is 52.0 Å². The Morgan fingerprint density at radius 3 is 2.56 bits per heavy atom. The van der Waals surface area contributed by atoms with Crippen LogP contribution in [0.2, 0.25) is 5.02 Å². The standard InChI is InChI=1S/C13H8BrClN2S/c14-9-1-6-13(12(7-9)17-8-16)18-11-4-2-10(15)3-5-11/h1-7,17H. The number of hydrogen-bond acceptors (Lipinski definition) is 3. The maximum atomic E-state index is 8.73. The predicted octanol–water partition coefficient (Wildman–Crippen LogP) is 5.15. The van der Waals surface area contributed by atoms with Crippen molar-refractivity contribution < 1.29 is 0 Å². The Bertz CT molecular complexity index is 593. The summed E-state index contributed by atoms with van der Waals surface area (Å²) in [7, 11) is 0. The molecule has 0 heterocycles. The summed E-state index contributed by atoms with van der Waals surface area (Å²) in [6, 6.07) is 13.4. The van der Waals surface area contributed by atoms with Crippen LogP contribution in [0.3, 0.4) is 0 Å². The van der Waals surface area contributed by atoms with Gasteiger partial charge in [-0.1, -0.05) is 39.3 Å². The van der Waals surface area contributed by atoms with Gasteiger partial charge in [-0.15, -0.1) is 0 Å². The maximum absolute atomic E-state index is 8.73. The van der Waals surface area contributed by atoms with Gasteiger partial charge in [0.25, 0.3) is 0 Å². The van der Waals surface area contributed by atoms with Crippen molar-refractivity contribution in [2.75, 3.05) is 5.32 Å². The Kier molecular flexibility index (Phi) is 4.54. The molecule has 0 aliphatic rings. The molecule has 0 spiro atoms. The molecule has 0 unspecified atom stereocenters. The van der Waals surface area contributed by atoms with Gasteiger partial charge in [0.05, 0.1) is 5.69 Å². The van der Waals surface area contributed by atoms with Gasteiger partial charge in [0.1, 0.15) is 0 Å². The van der Waals surface area contributed by atoms with Crippen LogP contribution in [0.1, 0.15) is 0 Å². The van der Waals surface area contributed by atoms with Gasteiger partial charge in [0.2, 0.25) is 0 Å². The minimum atomic E-state index is 0.713. The smallest absolute Gasteiger partial charge is 0.181 e. The molecule has 0 atom stereocenters. The predicted molar refractivity (Wildman–Crippen MR) is 79.0 cm³/mol. The Morgan fingerprint density at radius 2 is 1.89 bits per heavy atom. The minimum Gasteiger partial charge on any atom is -0.292 e. The van der Waals surface area contributed by atoms with Crippen molar-refractivity contribution >= 4 is 45.0 Å². The molecule has 0 radical (unpaired) electrons. The van der Waals surface area contributed by atoms with Crippen molar-refractivity contribution in [2.45, 2.75) is 9.79 Å². The summed E-state index contributed by atoms with van der Waals surface area (Å²) < 4.78 is 0.931. The van der Waals surface area contributed by atoms with E-state index in [-0.39, 0.29) is 0 Å². The Balaban J connectivity index is 2.28. The van der Waals surface area contributed by atoms with E-state index in [9.17, 15) is 0 Å². The fourth-order valence-corrected chi connectivity index (χ4v) is 2.75. The van der Waals surface area contributed by atoms with E-state index in [1.165, 1.54) is 0 Å². The zero-order valence-electron chi connectivity index (χ0n) is 9.15. The van der Waals surface area contributed by atoms with Crippen LogP contribution < -0.4 is 5.32 Å². The third kappa shape index (κ3) is 3.42. The van der Waals surface area contributed by atoms with Crippen LogP contribution in [-0.4, -0.2) is 0 Å². The summed E-state index contributed by atoms with van der Waals surface area (Å²) >= 11 is 10.8. The van der Waals surface area contributed by atoms with E-state index >= 15 is 0 Å². The van der Waals surface area contributed by atoms with Crippen molar-refractivity contribution in [3.8, 4) is 6.19 Å². The van der Waals surface area contributed by atoms with Crippen LogP contribution in [0.5, 0.6) is 0 Å². The number of hydrogen-bond donors (Lipinski definition) is 1. The lowest BCUT2D eigenvalue weighted by Crippen LogP contribution is -1.90. The van der Waals surface area contributed by atoms with Crippen LogP contribution in [0.15, 0.2) is 56.7 Å². The molecule has 1 N–H and O–H groups in total. The highest BCUT2D eigenvalue weighted by molar-refractivity contribution is 9.10. The number of rotatable bonds is 3. The van der Waals surface area contributed by atoms with Gasteiger partial charge in [-0.3, -0.25) is 5.32 Å². The van der Waals surface area contributed by atoms with Crippen molar-refractivity contribution in [3.63, 3.8) is 0 Å². The van der Waals surface area contributed by atoms with E-state index in [1.807, 2.05) is 48.7 Å². The number of anilines is 1. The summed E-state index contributed by atoms with van der Waals surface area (Å²) in [6.45, 7) is 0. The van der Waals surface area contributed by atoms with Crippen LogP contribution in [-0.2, 0) is 0 Å². The molecule has 5 heteroatoms. The van der Waals surface area contributed by atoms with E-state index in [0.717, 1.165) is 20.0 Å². The molecule has 0 aromatic heterocycles. The van der Waals surface area contributed by atoms with Crippen LogP contribution >= 0.6 is 39.3 Å². The average molecular weight is 340 g/mol. The summed E-state index contributed by atoms with van der Waals surface area (Å²) in [5.41, 5.74) is 0.784. The summed E-state index contributed by atoms with van der Waals surface area (Å²) in [6.07, 6.45) is 1.94. The molecule has 2 aromatic rings. The lowest BCUT2D eigenvalue weighted by Gasteiger charge is -2.08. The molecular weight excluding hydrogens is 332 g/mol. The molecule has 0 bridgehead atoms. The third-order valence-corrected chi connectivity index (χ3v) is 4.00. The number of nitriles is 1. The Labute approximate surface area is 123 Å². The maximum Gasteiger partial charge on any atom is 0.181 e. The van der Waals surface area contributed by atoms with Gasteiger partial charge in [-0.2, -0.15) is 5.26 Å². The molecule has 0 saturated carbocycles. The molecule has 0 aliphatic heterocycles. The first-order valence-electron chi connectivity index (χ1n) is 5.07. The summed E-state index contributed by atoms with van der Waals surface area (Å²) in [5, 5.41) is 12.1. The quantitative estimate of drug-likeness (QED) is 0.621.